The number of hydrogen-bond donors (Lipinski definition) is 2. The van der Waals surface area contributed by atoms with Gasteiger partial charge in [0.25, 0.3) is 0 Å². The highest BCUT2D eigenvalue weighted by atomic mass is 16.5. The molecule has 0 fully saturated rings. The first-order valence-corrected chi connectivity index (χ1v) is 4.97. The lowest BCUT2D eigenvalue weighted by atomic mass is 10.1. The second-order valence-corrected chi connectivity index (χ2v) is 3.76. The molecule has 0 saturated carbocycles. The van der Waals surface area contributed by atoms with Crippen LogP contribution in [0.15, 0.2) is 0 Å². The highest BCUT2D eigenvalue weighted by molar-refractivity contribution is 5.76. The number of amides is 1. The number of carbonyl (C=O) groups excluding carboxylic acids is 1. The number of carbonyl (C=O) groups is 2. The predicted octanol–water partition coefficient (Wildman–Crippen LogP) is 0.638. The van der Waals surface area contributed by atoms with Crippen LogP contribution in [0.1, 0.15) is 26.7 Å². The Bertz CT molecular complexity index is 217. The molecule has 88 valence electrons. The van der Waals surface area contributed by atoms with Gasteiger partial charge in [-0.2, -0.15) is 0 Å². The van der Waals surface area contributed by atoms with Gasteiger partial charge < -0.3 is 15.2 Å². The monoisotopic (exact) mass is 217 g/mol. The van der Waals surface area contributed by atoms with Gasteiger partial charge in [0.1, 0.15) is 0 Å². The van der Waals surface area contributed by atoms with Crippen molar-refractivity contribution < 1.29 is 19.4 Å². The Hall–Kier alpha value is -1.10. The van der Waals surface area contributed by atoms with Crippen molar-refractivity contribution in [2.75, 3.05) is 13.7 Å². The lowest BCUT2D eigenvalue weighted by molar-refractivity contribution is -0.138. The Kier molecular flexibility index (Phi) is 6.70. The Morgan fingerprint density at radius 3 is 2.40 bits per heavy atom. The van der Waals surface area contributed by atoms with Gasteiger partial charge in [-0.25, -0.2) is 0 Å². The molecule has 0 aliphatic carbocycles. The number of carboxylic acids is 1. The van der Waals surface area contributed by atoms with Crippen LogP contribution in [0.5, 0.6) is 0 Å². The molecule has 0 aliphatic rings. The largest absolute Gasteiger partial charge is 0.481 e. The van der Waals surface area contributed by atoms with E-state index in [1.54, 1.807) is 21.0 Å². The molecule has 0 rings (SSSR count). The van der Waals surface area contributed by atoms with Crippen molar-refractivity contribution in [3.63, 3.8) is 0 Å². The molecule has 0 heterocycles. The zero-order valence-corrected chi connectivity index (χ0v) is 9.45. The minimum absolute atomic E-state index is 0.0516. The fraction of sp³-hybridized carbons (Fsp3) is 0.800. The van der Waals surface area contributed by atoms with E-state index in [0.717, 1.165) is 0 Å². The number of methoxy groups -OCH3 is 1. The summed E-state index contributed by atoms with van der Waals surface area (Å²) in [5.41, 5.74) is 0. The highest BCUT2D eigenvalue weighted by Crippen LogP contribution is 2.00. The van der Waals surface area contributed by atoms with Gasteiger partial charge in [-0.05, 0) is 12.8 Å². The molecule has 0 aromatic rings. The van der Waals surface area contributed by atoms with Crippen LogP contribution in [0.2, 0.25) is 0 Å². The maximum Gasteiger partial charge on any atom is 0.303 e. The normalized spacial score (nSPS) is 14.3. The summed E-state index contributed by atoms with van der Waals surface area (Å²) < 4.78 is 4.94. The Morgan fingerprint density at radius 1 is 1.33 bits per heavy atom. The molecule has 0 aliphatic heterocycles. The van der Waals surface area contributed by atoms with Crippen molar-refractivity contribution in [1.82, 2.24) is 5.32 Å². The van der Waals surface area contributed by atoms with Gasteiger partial charge in [-0.1, -0.05) is 6.92 Å². The highest BCUT2D eigenvalue weighted by Gasteiger charge is 2.11. The Balaban J connectivity index is 3.66. The molecular weight excluding hydrogens is 198 g/mol. The summed E-state index contributed by atoms with van der Waals surface area (Å²) in [6.45, 7) is 3.98. The predicted molar refractivity (Wildman–Crippen MR) is 55.5 cm³/mol. The maximum atomic E-state index is 11.3. The second kappa shape index (κ2) is 7.23. The van der Waals surface area contributed by atoms with E-state index < -0.39 is 5.97 Å². The van der Waals surface area contributed by atoms with Gasteiger partial charge in [-0.3, -0.25) is 9.59 Å². The molecule has 0 spiro atoms. The van der Waals surface area contributed by atoms with E-state index in [1.807, 2.05) is 0 Å². The minimum atomic E-state index is -0.845. The third-order valence-electron chi connectivity index (χ3n) is 2.05. The van der Waals surface area contributed by atoms with Crippen LogP contribution in [0, 0.1) is 5.92 Å². The summed E-state index contributed by atoms with van der Waals surface area (Å²) >= 11 is 0. The van der Waals surface area contributed by atoms with Crippen molar-refractivity contribution in [3.05, 3.63) is 0 Å². The number of hydrogen-bond acceptors (Lipinski definition) is 3. The molecule has 15 heavy (non-hydrogen) atoms. The SMILES string of the molecule is COC(C)CC(=O)NCC(C)CC(=O)O. The third-order valence-corrected chi connectivity index (χ3v) is 2.05. The van der Waals surface area contributed by atoms with Crippen molar-refractivity contribution in [1.29, 1.82) is 0 Å². The Morgan fingerprint density at radius 2 is 1.93 bits per heavy atom. The van der Waals surface area contributed by atoms with Crippen molar-refractivity contribution >= 4 is 11.9 Å². The number of ether oxygens (including phenoxy) is 1. The third kappa shape index (κ3) is 7.93. The molecule has 0 aromatic carbocycles. The van der Waals surface area contributed by atoms with E-state index >= 15 is 0 Å². The molecule has 2 N–H and O–H groups in total. The second-order valence-electron chi connectivity index (χ2n) is 3.76. The Labute approximate surface area is 89.8 Å². The smallest absolute Gasteiger partial charge is 0.303 e. The summed E-state index contributed by atoms with van der Waals surface area (Å²) in [4.78, 5) is 21.6. The average molecular weight is 217 g/mol. The quantitative estimate of drug-likeness (QED) is 0.656. The lowest BCUT2D eigenvalue weighted by Crippen LogP contribution is -2.31. The first kappa shape index (κ1) is 13.9. The van der Waals surface area contributed by atoms with Gasteiger partial charge in [0, 0.05) is 20.1 Å². The maximum absolute atomic E-state index is 11.3. The van der Waals surface area contributed by atoms with Crippen LogP contribution in [-0.2, 0) is 14.3 Å². The summed E-state index contributed by atoms with van der Waals surface area (Å²) in [7, 11) is 1.55. The van der Waals surface area contributed by atoms with E-state index in [1.165, 1.54) is 0 Å². The van der Waals surface area contributed by atoms with Crippen LogP contribution < -0.4 is 5.32 Å². The van der Waals surface area contributed by atoms with Gasteiger partial charge in [0.15, 0.2) is 0 Å². The van der Waals surface area contributed by atoms with Crippen LogP contribution in [0.4, 0.5) is 0 Å². The van der Waals surface area contributed by atoms with E-state index in [0.29, 0.717) is 13.0 Å². The molecule has 0 bridgehead atoms. The van der Waals surface area contributed by atoms with Crippen LogP contribution >= 0.6 is 0 Å². The summed E-state index contributed by atoms with van der Waals surface area (Å²) in [5, 5.41) is 11.2. The van der Waals surface area contributed by atoms with Crippen molar-refractivity contribution in [2.24, 2.45) is 5.92 Å². The molecule has 0 radical (unpaired) electrons. The molecule has 2 unspecified atom stereocenters. The lowest BCUT2D eigenvalue weighted by Gasteiger charge is -2.12. The number of carboxylic acid groups (broad SMARTS) is 1. The molecule has 5 nitrogen and oxygen atoms in total. The van der Waals surface area contributed by atoms with Gasteiger partial charge in [0.05, 0.1) is 12.5 Å². The molecule has 0 aromatic heterocycles. The van der Waals surface area contributed by atoms with Gasteiger partial charge >= 0.3 is 5.97 Å². The van der Waals surface area contributed by atoms with Gasteiger partial charge in [-0.15, -0.1) is 0 Å². The summed E-state index contributed by atoms with van der Waals surface area (Å²) in [6.07, 6.45) is 0.260. The van der Waals surface area contributed by atoms with Crippen LogP contribution in [0.25, 0.3) is 0 Å². The van der Waals surface area contributed by atoms with E-state index in [9.17, 15) is 9.59 Å². The zero-order valence-electron chi connectivity index (χ0n) is 9.45. The summed E-state index contributed by atoms with van der Waals surface area (Å²) in [5.74, 6) is -1.01. The number of aliphatic carboxylic acids is 1. The topological polar surface area (TPSA) is 75.6 Å². The van der Waals surface area contributed by atoms with Gasteiger partial charge in [0.2, 0.25) is 5.91 Å². The average Bonchev–Trinajstić information content (AvgIpc) is 2.13. The molecule has 2 atom stereocenters. The standard InChI is InChI=1S/C10H19NO4/c1-7(4-10(13)14)6-11-9(12)5-8(2)15-3/h7-8H,4-6H2,1-3H3,(H,11,12)(H,13,14). The van der Waals surface area contributed by atoms with Crippen molar-refractivity contribution in [3.8, 4) is 0 Å². The summed E-state index contributed by atoms with van der Waals surface area (Å²) in [6, 6.07) is 0. The van der Waals surface area contributed by atoms with E-state index in [2.05, 4.69) is 5.32 Å². The first-order chi connectivity index (χ1) is 6.95. The molecular formula is C10H19NO4. The fourth-order valence-electron chi connectivity index (χ4n) is 1.07. The van der Waals surface area contributed by atoms with E-state index in [-0.39, 0.29) is 24.3 Å². The molecule has 5 heteroatoms. The van der Waals surface area contributed by atoms with Crippen molar-refractivity contribution in [2.45, 2.75) is 32.8 Å². The first-order valence-electron chi connectivity index (χ1n) is 4.97. The van der Waals surface area contributed by atoms with Crippen LogP contribution in [-0.4, -0.2) is 36.7 Å². The molecule has 0 saturated heterocycles. The zero-order chi connectivity index (χ0) is 11.8. The van der Waals surface area contributed by atoms with E-state index in [4.69, 9.17) is 9.84 Å². The number of nitrogens with one attached hydrogen (secondary N) is 1. The molecule has 1 amide bonds. The minimum Gasteiger partial charge on any atom is -0.481 e. The number of rotatable bonds is 7. The van der Waals surface area contributed by atoms with Crippen LogP contribution in [0.3, 0.4) is 0 Å². The fourth-order valence-corrected chi connectivity index (χ4v) is 1.07.